The highest BCUT2D eigenvalue weighted by Crippen LogP contribution is 2.42. The largest absolute Gasteiger partial charge is 0.421 e. The van der Waals surface area contributed by atoms with Crippen molar-refractivity contribution in [1.82, 2.24) is 9.78 Å². The van der Waals surface area contributed by atoms with Crippen molar-refractivity contribution in [2.24, 2.45) is 0 Å². The van der Waals surface area contributed by atoms with Gasteiger partial charge in [0.05, 0.1) is 16.9 Å². The first-order chi connectivity index (χ1) is 9.55. The molecule has 2 aromatic rings. The zero-order chi connectivity index (χ0) is 16.0. The maximum atomic E-state index is 13.0. The number of aliphatic hydroxyl groups is 1. The zero-order valence-corrected chi connectivity index (χ0v) is 11.9. The summed E-state index contributed by atoms with van der Waals surface area (Å²) in [4.78, 5) is 0. The van der Waals surface area contributed by atoms with E-state index in [0.717, 1.165) is 5.56 Å². The van der Waals surface area contributed by atoms with Gasteiger partial charge in [-0.1, -0.05) is 17.7 Å². The summed E-state index contributed by atoms with van der Waals surface area (Å²) in [5.41, 5.74) is 3.90. The van der Waals surface area contributed by atoms with Gasteiger partial charge in [-0.3, -0.25) is 0 Å². The van der Waals surface area contributed by atoms with E-state index in [2.05, 4.69) is 5.10 Å². The third-order valence-electron chi connectivity index (χ3n) is 3.41. The number of hydrogen-bond acceptors (Lipinski definition) is 3. The Bertz CT molecular complexity index is 657. The summed E-state index contributed by atoms with van der Waals surface area (Å²) in [7, 11) is 0. The second-order valence-electron chi connectivity index (χ2n) is 5.16. The molecule has 21 heavy (non-hydrogen) atoms. The molecule has 3 N–H and O–H groups in total. The normalized spacial score (nSPS) is 15.0. The Hall–Kier alpha value is -2.02. The van der Waals surface area contributed by atoms with Crippen LogP contribution in [0.5, 0.6) is 0 Å². The molecule has 0 saturated heterocycles. The molecular weight excluding hydrogens is 283 g/mol. The zero-order valence-electron chi connectivity index (χ0n) is 11.9. The molecule has 4 nitrogen and oxygen atoms in total. The van der Waals surface area contributed by atoms with Crippen LogP contribution in [0.4, 0.5) is 19.0 Å². The van der Waals surface area contributed by atoms with Crippen molar-refractivity contribution >= 4 is 5.82 Å². The van der Waals surface area contributed by atoms with Crippen LogP contribution in [0.25, 0.3) is 5.69 Å². The van der Waals surface area contributed by atoms with Crippen LogP contribution in [0.2, 0.25) is 0 Å². The van der Waals surface area contributed by atoms with E-state index < -0.39 is 17.3 Å². The molecule has 0 radical (unpaired) electrons. The van der Waals surface area contributed by atoms with Crippen molar-refractivity contribution in [3.8, 4) is 5.69 Å². The summed E-state index contributed by atoms with van der Waals surface area (Å²) in [5, 5.41) is 13.9. The van der Waals surface area contributed by atoms with Gasteiger partial charge in [0.15, 0.2) is 5.60 Å². The average Bonchev–Trinajstić information content (AvgIpc) is 2.64. The summed E-state index contributed by atoms with van der Waals surface area (Å²) in [6.45, 7) is 3.95. The van der Waals surface area contributed by atoms with Gasteiger partial charge in [0.1, 0.15) is 5.82 Å². The number of halogens is 3. The third kappa shape index (κ3) is 2.49. The number of hydrogen-bond donors (Lipinski definition) is 2. The number of nitrogen functional groups attached to an aromatic ring is 1. The predicted molar refractivity (Wildman–Crippen MR) is 73.1 cm³/mol. The van der Waals surface area contributed by atoms with E-state index in [-0.39, 0.29) is 11.5 Å². The molecule has 0 aliphatic rings. The van der Waals surface area contributed by atoms with Gasteiger partial charge in [0, 0.05) is 0 Å². The van der Waals surface area contributed by atoms with Crippen molar-refractivity contribution in [2.45, 2.75) is 32.5 Å². The Kier molecular flexibility index (Phi) is 3.49. The van der Waals surface area contributed by atoms with Crippen LogP contribution in [-0.2, 0) is 5.60 Å². The molecule has 1 aromatic heterocycles. The Morgan fingerprint density at radius 2 is 1.67 bits per heavy atom. The minimum Gasteiger partial charge on any atom is -0.383 e. The van der Waals surface area contributed by atoms with Crippen molar-refractivity contribution in [1.29, 1.82) is 0 Å². The summed E-state index contributed by atoms with van der Waals surface area (Å²) in [6, 6.07) is 7.00. The van der Waals surface area contributed by atoms with Gasteiger partial charge in [0.25, 0.3) is 0 Å². The highest BCUT2D eigenvalue weighted by Gasteiger charge is 2.54. The molecular formula is C14H16F3N3O. The van der Waals surface area contributed by atoms with Crippen molar-refractivity contribution < 1.29 is 18.3 Å². The molecule has 0 fully saturated rings. The molecule has 0 aliphatic carbocycles. The van der Waals surface area contributed by atoms with Crippen molar-refractivity contribution in [3.05, 3.63) is 41.1 Å². The summed E-state index contributed by atoms with van der Waals surface area (Å²) >= 11 is 0. The molecule has 0 spiro atoms. The second-order valence-corrected chi connectivity index (χ2v) is 5.16. The number of rotatable bonds is 2. The summed E-state index contributed by atoms with van der Waals surface area (Å²) in [5.74, 6) is -0.223. The Labute approximate surface area is 120 Å². The standard InChI is InChI=1S/C14H16F3N3O/c1-8-4-6-10(7-5-8)20-12(18)11(9(2)19-20)13(3,21)14(15,16)17/h4-7,21H,18H2,1-3H3/t13-/m1/s1. The minimum absolute atomic E-state index is 0.0374. The maximum Gasteiger partial charge on any atom is 0.421 e. The molecule has 1 atom stereocenters. The van der Waals surface area contributed by atoms with Gasteiger partial charge in [-0.2, -0.15) is 18.3 Å². The van der Waals surface area contributed by atoms with Crippen LogP contribution in [0.3, 0.4) is 0 Å². The first kappa shape index (κ1) is 15.4. The molecule has 7 heteroatoms. The van der Waals surface area contributed by atoms with E-state index in [0.29, 0.717) is 12.6 Å². The number of nitrogens with two attached hydrogens (primary N) is 1. The maximum absolute atomic E-state index is 13.0. The Balaban J connectivity index is 2.60. The first-order valence-electron chi connectivity index (χ1n) is 6.27. The van der Waals surface area contributed by atoms with Crippen LogP contribution in [-0.4, -0.2) is 21.1 Å². The molecule has 1 aromatic carbocycles. The number of anilines is 1. The number of aromatic nitrogens is 2. The first-order valence-corrected chi connectivity index (χ1v) is 6.27. The molecule has 0 bridgehead atoms. The predicted octanol–water partition coefficient (Wildman–Crippen LogP) is 2.84. The third-order valence-corrected chi connectivity index (χ3v) is 3.41. The SMILES string of the molecule is Cc1ccc(-n2nc(C)c([C@@](C)(O)C(F)(F)F)c2N)cc1. The molecule has 1 heterocycles. The molecule has 0 aliphatic heterocycles. The lowest BCUT2D eigenvalue weighted by molar-refractivity contribution is -0.258. The van der Waals surface area contributed by atoms with E-state index in [1.807, 2.05) is 6.92 Å². The number of aryl methyl sites for hydroxylation is 2. The Morgan fingerprint density at radius 1 is 1.14 bits per heavy atom. The molecule has 0 saturated carbocycles. The lowest BCUT2D eigenvalue weighted by atomic mass is 9.95. The van der Waals surface area contributed by atoms with E-state index in [1.54, 1.807) is 24.3 Å². The topological polar surface area (TPSA) is 64.1 Å². The van der Waals surface area contributed by atoms with Gasteiger partial charge in [-0.25, -0.2) is 4.68 Å². The van der Waals surface area contributed by atoms with Crippen LogP contribution in [0.15, 0.2) is 24.3 Å². The van der Waals surface area contributed by atoms with Gasteiger partial charge in [-0.05, 0) is 32.9 Å². The molecule has 0 unspecified atom stereocenters. The highest BCUT2D eigenvalue weighted by atomic mass is 19.4. The fourth-order valence-electron chi connectivity index (χ4n) is 2.17. The van der Waals surface area contributed by atoms with E-state index in [9.17, 15) is 18.3 Å². The van der Waals surface area contributed by atoms with Crippen molar-refractivity contribution in [2.75, 3.05) is 5.73 Å². The monoisotopic (exact) mass is 299 g/mol. The summed E-state index contributed by atoms with van der Waals surface area (Å²) < 4.78 is 40.2. The van der Waals surface area contributed by atoms with Crippen LogP contribution in [0, 0.1) is 13.8 Å². The fraction of sp³-hybridized carbons (Fsp3) is 0.357. The quantitative estimate of drug-likeness (QED) is 0.896. The number of nitrogens with zero attached hydrogens (tertiary/aromatic N) is 2. The smallest absolute Gasteiger partial charge is 0.383 e. The van der Waals surface area contributed by atoms with E-state index >= 15 is 0 Å². The Morgan fingerprint density at radius 3 is 2.14 bits per heavy atom. The van der Waals surface area contributed by atoms with Crippen molar-refractivity contribution in [3.63, 3.8) is 0 Å². The lowest BCUT2D eigenvalue weighted by Gasteiger charge is -2.26. The van der Waals surface area contributed by atoms with Crippen LogP contribution < -0.4 is 5.73 Å². The van der Waals surface area contributed by atoms with Gasteiger partial charge < -0.3 is 10.8 Å². The van der Waals surface area contributed by atoms with E-state index in [1.165, 1.54) is 11.6 Å². The molecule has 0 amide bonds. The van der Waals surface area contributed by atoms with Gasteiger partial charge in [-0.15, -0.1) is 0 Å². The number of alkyl halides is 3. The highest BCUT2D eigenvalue weighted by molar-refractivity contribution is 5.53. The fourth-order valence-corrected chi connectivity index (χ4v) is 2.17. The van der Waals surface area contributed by atoms with E-state index in [4.69, 9.17) is 5.73 Å². The molecule has 114 valence electrons. The van der Waals surface area contributed by atoms with Gasteiger partial charge in [0.2, 0.25) is 0 Å². The minimum atomic E-state index is -4.84. The van der Waals surface area contributed by atoms with Gasteiger partial charge >= 0.3 is 6.18 Å². The van der Waals surface area contributed by atoms with Crippen LogP contribution in [0.1, 0.15) is 23.7 Å². The summed E-state index contributed by atoms with van der Waals surface area (Å²) in [6.07, 6.45) is -4.84. The van der Waals surface area contributed by atoms with Crippen LogP contribution >= 0.6 is 0 Å². The lowest BCUT2D eigenvalue weighted by Crippen LogP contribution is -2.40. The second kappa shape index (κ2) is 4.77. The number of benzene rings is 1. The molecule has 2 rings (SSSR count). The average molecular weight is 299 g/mol.